The zero-order chi connectivity index (χ0) is 94.1. The number of nitrogens with one attached hydrogen (secondary N) is 1. The number of aryl methyl sites for hydroxylation is 1. The average molecular weight is 1790 g/mol. The van der Waals surface area contributed by atoms with Crippen LogP contribution in [0.2, 0.25) is 0 Å². The van der Waals surface area contributed by atoms with Crippen molar-refractivity contribution in [3.8, 4) is 16.9 Å². The number of carboxylic acid groups (broad SMARTS) is 10. The lowest BCUT2D eigenvalue weighted by Gasteiger charge is -2.22. The molecule has 31 nitrogen and oxygen atoms in total. The van der Waals surface area contributed by atoms with Gasteiger partial charge in [0, 0.05) is 16.0 Å². The van der Waals surface area contributed by atoms with Crippen molar-refractivity contribution in [2.24, 2.45) is 51.6 Å². The Labute approximate surface area is 742 Å². The molecule has 0 bridgehead atoms. The van der Waals surface area contributed by atoms with Crippen molar-refractivity contribution in [1.29, 1.82) is 0 Å². The van der Waals surface area contributed by atoms with Gasteiger partial charge in [-0.3, -0.25) is 47.9 Å². The number of carboxylic acids is 10. The molecular formula is C89H118N10O21S4. The van der Waals surface area contributed by atoms with Gasteiger partial charge >= 0.3 is 59.7 Å². The third kappa shape index (κ3) is 45.4. The Balaban J connectivity index is 0.000000697. The van der Waals surface area contributed by atoms with Crippen molar-refractivity contribution in [2.45, 2.75) is 162 Å². The van der Waals surface area contributed by atoms with E-state index in [4.69, 9.17) is 107 Å². The Morgan fingerprint density at radius 3 is 1.10 bits per heavy atom. The average Bonchev–Trinajstić information content (AvgIpc) is 0.792. The van der Waals surface area contributed by atoms with E-state index in [0.29, 0.717) is 69.4 Å². The summed E-state index contributed by atoms with van der Waals surface area (Å²) in [5.74, 6) is -7.78. The molecule has 29 N–H and O–H groups in total. The fourth-order valence-corrected chi connectivity index (χ4v) is 11.0. The van der Waals surface area contributed by atoms with Gasteiger partial charge in [0.2, 0.25) is 0 Å². The first-order chi connectivity index (χ1) is 58.1. The van der Waals surface area contributed by atoms with Crippen LogP contribution in [-0.2, 0) is 93.0 Å². The molecule has 1 heterocycles. The molecule has 0 aliphatic carbocycles. The quantitative estimate of drug-likeness (QED) is 0.0207. The van der Waals surface area contributed by atoms with Gasteiger partial charge in [-0.15, -0.1) is 0 Å². The lowest BCUT2D eigenvalue weighted by Crippen LogP contribution is -2.45. The van der Waals surface area contributed by atoms with E-state index in [1.54, 1.807) is 46.9 Å². The highest BCUT2D eigenvalue weighted by Gasteiger charge is 2.29. The molecule has 1 aliphatic heterocycles. The minimum atomic E-state index is -1.02. The van der Waals surface area contributed by atoms with Crippen molar-refractivity contribution >= 4 is 132 Å². The predicted octanol–water partition coefficient (Wildman–Crippen LogP) is 7.93. The number of rotatable bonds is 28. The molecule has 674 valence electrons. The second-order valence-electron chi connectivity index (χ2n) is 29.1. The molecule has 0 unspecified atom stereocenters. The van der Waals surface area contributed by atoms with Gasteiger partial charge in [0.05, 0.1) is 7.11 Å². The smallest absolute Gasteiger partial charge is 0.321 e. The van der Waals surface area contributed by atoms with Crippen LogP contribution in [0.3, 0.4) is 0 Å². The van der Waals surface area contributed by atoms with E-state index >= 15 is 0 Å². The molecule has 1 aliphatic rings. The summed E-state index contributed by atoms with van der Waals surface area (Å²) in [5.41, 5.74) is 58.4. The van der Waals surface area contributed by atoms with E-state index in [1.165, 1.54) is 5.56 Å². The molecule has 0 saturated heterocycles. The summed E-state index contributed by atoms with van der Waals surface area (Å²) in [4.78, 5) is 104. The first-order valence-corrected chi connectivity index (χ1v) is 40.6. The van der Waals surface area contributed by atoms with Crippen molar-refractivity contribution in [3.63, 3.8) is 0 Å². The predicted molar refractivity (Wildman–Crippen MR) is 494 cm³/mol. The molecule has 35 heteroatoms. The van der Waals surface area contributed by atoms with Crippen molar-refractivity contribution in [2.75, 3.05) is 18.6 Å². The number of thiol groups is 4. The maximum atomic E-state index is 10.7. The molecule has 0 spiro atoms. The Hall–Kier alpha value is -11.0. The van der Waals surface area contributed by atoms with Gasteiger partial charge in [0.25, 0.3) is 0 Å². The third-order valence-corrected chi connectivity index (χ3v) is 18.9. The fraction of sp³-hybridized carbons (Fsp3) is 0.326. The second-order valence-corrected chi connectivity index (χ2v) is 32.3. The van der Waals surface area contributed by atoms with Crippen LogP contribution in [0.25, 0.3) is 32.7 Å². The molecule has 10 atom stereocenters. The van der Waals surface area contributed by atoms with E-state index in [0.717, 1.165) is 77.4 Å². The zero-order valence-corrected chi connectivity index (χ0v) is 73.3. The Morgan fingerprint density at radius 2 is 0.718 bits per heavy atom. The highest BCUT2D eigenvalue weighted by atomic mass is 32.1. The molecule has 0 aromatic heterocycles. The summed E-state index contributed by atoms with van der Waals surface area (Å²) < 4.78 is 3.68. The number of carbonyl (C=O) groups is 10. The van der Waals surface area contributed by atoms with Crippen LogP contribution in [0.5, 0.6) is 5.75 Å². The fourth-order valence-electron chi connectivity index (χ4n) is 10.2. The van der Waals surface area contributed by atoms with Gasteiger partial charge in [-0.25, -0.2) is 0 Å². The minimum absolute atomic E-state index is 0.333. The third-order valence-electron chi connectivity index (χ3n) is 17.8. The van der Waals surface area contributed by atoms with Crippen LogP contribution in [0.15, 0.2) is 212 Å². The van der Waals surface area contributed by atoms with Crippen LogP contribution in [0.1, 0.15) is 85.0 Å². The molecule has 124 heavy (non-hydrogen) atoms. The lowest BCUT2D eigenvalue weighted by atomic mass is 9.96. The van der Waals surface area contributed by atoms with Crippen molar-refractivity contribution in [1.82, 2.24) is 5.32 Å². The van der Waals surface area contributed by atoms with Crippen LogP contribution in [0.4, 0.5) is 0 Å². The Bertz CT molecular complexity index is 4720. The van der Waals surface area contributed by atoms with Crippen LogP contribution >= 0.6 is 50.5 Å². The first-order valence-electron chi connectivity index (χ1n) is 38.4. The van der Waals surface area contributed by atoms with Crippen LogP contribution < -0.4 is 61.7 Å². The number of ether oxygens (including phenoxy) is 1. The summed E-state index contributed by atoms with van der Waals surface area (Å²) in [6.45, 7) is 9.29. The van der Waals surface area contributed by atoms with Crippen LogP contribution in [-0.4, -0.2) is 199 Å². The maximum Gasteiger partial charge on any atom is 0.321 e. The number of nitrogens with two attached hydrogens (primary N) is 9. The van der Waals surface area contributed by atoms with Gasteiger partial charge in [0.1, 0.15) is 66.2 Å². The zero-order valence-electron chi connectivity index (χ0n) is 69.7. The van der Waals surface area contributed by atoms with Gasteiger partial charge in [-0.05, 0) is 181 Å². The standard InChI is InChI=1S/C15H15NO2.2C13H13NO2.C10H13NO3.C10H11NO2.C10H13NO2.2C5H11NO2S.2C4H9NO2S/c16-14(15(17)18)10-11-6-8-13(9-7-11)12-4-2-1-3-5-12;14-12(13(15)16)8-10-6-3-5-9-4-1-2-7-11(9)10;14-12(13(15)16)8-9-5-6-10-3-1-2-4-11(10)7-9;1-14-8-4-2-7(3-5-8)6-9(11)10(12)13;12-10(13)9-5-7-3-1-2-4-8(7)6-11-9;1-7-2-4-8(5-3-7)6-9(11)10(12)13;2*1-5(2,9)3(6)4(7)8;2*5-3(1-2-8)4(6)7/h1-9,14H,10,16H2,(H,17,18);2*1-7,12H,8,14H2,(H,15,16);2-5,9H,6,11H2,1H3,(H,12,13);1-4,9,11H,5-6H2,(H,12,13);2-5,9H,6,11H2,1H3,(H,12,13);2*3,9H,6H2,1-2H3,(H,7,8);2*3,8H,1-2,5H2,(H,6,7)/t14-;2*12-;3*9-;4*3-/m0000001010/s1. The van der Waals surface area contributed by atoms with Gasteiger partial charge < -0.3 is 113 Å². The van der Waals surface area contributed by atoms with E-state index < -0.39 is 130 Å². The number of aliphatic carboxylic acids is 10. The number of hydrogen-bond donors (Lipinski definition) is 24. The Morgan fingerprint density at radius 1 is 0.379 bits per heavy atom. The van der Waals surface area contributed by atoms with E-state index in [9.17, 15) is 47.9 Å². The largest absolute Gasteiger partial charge is 0.497 e. The summed E-state index contributed by atoms with van der Waals surface area (Å²) in [6, 6.07) is 60.4. The summed E-state index contributed by atoms with van der Waals surface area (Å²) >= 11 is 15.6. The highest BCUT2D eigenvalue weighted by Crippen LogP contribution is 2.24. The van der Waals surface area contributed by atoms with Gasteiger partial charge in [-0.1, -0.05) is 206 Å². The topological polar surface area (TPSA) is 628 Å². The summed E-state index contributed by atoms with van der Waals surface area (Å²) in [6.07, 6.45) is 3.23. The maximum absolute atomic E-state index is 10.7. The molecule has 0 fully saturated rings. The lowest BCUT2D eigenvalue weighted by molar-refractivity contribution is -0.140. The summed E-state index contributed by atoms with van der Waals surface area (Å²) in [7, 11) is 1.58. The normalized spacial score (nSPS) is 13.8. The molecule has 0 saturated carbocycles. The van der Waals surface area contributed by atoms with E-state index in [1.807, 2.05) is 207 Å². The first kappa shape index (κ1) is 111. The highest BCUT2D eigenvalue weighted by molar-refractivity contribution is 7.82. The Kier molecular flexibility index (Phi) is 52.1. The molecular weight excluding hydrogens is 1670 g/mol. The second kappa shape index (κ2) is 58.2. The molecule has 9 aromatic rings. The van der Waals surface area contributed by atoms with Gasteiger partial charge in [0.15, 0.2) is 0 Å². The van der Waals surface area contributed by atoms with E-state index in [-0.39, 0.29) is 0 Å². The summed E-state index contributed by atoms with van der Waals surface area (Å²) in [5, 5.41) is 92.6. The van der Waals surface area contributed by atoms with Crippen molar-refractivity contribution < 1.29 is 104 Å². The molecule has 10 rings (SSSR count). The van der Waals surface area contributed by atoms with Crippen molar-refractivity contribution in [3.05, 3.63) is 257 Å². The number of benzene rings is 9. The monoisotopic (exact) mass is 1790 g/mol. The van der Waals surface area contributed by atoms with Gasteiger partial charge in [-0.2, -0.15) is 50.5 Å². The van der Waals surface area contributed by atoms with E-state index in [2.05, 4.69) is 55.8 Å². The number of hydrogen-bond acceptors (Lipinski definition) is 25. The molecule has 9 aromatic carbocycles. The molecule has 0 amide bonds. The minimum Gasteiger partial charge on any atom is -0.497 e. The number of fused-ring (bicyclic) bond motifs is 3. The molecule has 0 radical (unpaired) electrons. The van der Waals surface area contributed by atoms with Crippen LogP contribution in [0, 0.1) is 6.92 Å². The SMILES string of the molecule is CC(C)(S)[C@@H](N)C(=O)O.CC(C)(S)[C@H](N)C(=O)O.COc1ccc(C[C@H](N)C(=O)O)cc1.Cc1ccc(C[C@H](N)C(=O)O)cc1.N[C@@H](CCS)C(=O)O.N[C@@H](Cc1ccc(-c2ccccc2)cc1)C(=O)O.N[C@@H](Cc1ccc2ccccc2c1)C(=O)O.N[C@@H](Cc1cccc2ccccc12)C(=O)O.N[C@H](CCS)C(=O)O.O=C(O)[C@@H]1Cc2ccccc2CN1. The number of methoxy groups -OCH3 is 1.